The number of hydrogen-bond acceptors (Lipinski definition) is 3. The number of ether oxygens (including phenoxy) is 1. The van der Waals surface area contributed by atoms with Crippen LogP contribution in [0.15, 0.2) is 48.5 Å². The number of nitrogens with one attached hydrogen (secondary N) is 1. The van der Waals surface area contributed by atoms with Gasteiger partial charge in [-0.15, -0.1) is 0 Å². The van der Waals surface area contributed by atoms with Crippen LogP contribution in [-0.4, -0.2) is 24.7 Å². The molecule has 0 radical (unpaired) electrons. The van der Waals surface area contributed by atoms with E-state index in [-0.39, 0.29) is 5.91 Å². The van der Waals surface area contributed by atoms with Gasteiger partial charge in [0.25, 0.3) is 0 Å². The van der Waals surface area contributed by atoms with Crippen molar-refractivity contribution >= 4 is 28.9 Å². The van der Waals surface area contributed by atoms with E-state index in [4.69, 9.17) is 17.0 Å². The standard InChI is InChI=1S/C19H20N2O2S/c1-23-16-10-8-14(9-11-16)13-18(22)20-19(24)21-12-4-6-15-5-2-3-7-17(15)21/h2-3,5,7-11H,4,6,12-13H2,1H3,(H,20,22,24). The van der Waals surface area contributed by atoms with E-state index in [1.54, 1.807) is 7.11 Å². The third kappa shape index (κ3) is 3.74. The molecule has 0 saturated heterocycles. The highest BCUT2D eigenvalue weighted by Crippen LogP contribution is 2.26. The molecule has 0 saturated carbocycles. The van der Waals surface area contributed by atoms with E-state index in [9.17, 15) is 4.79 Å². The lowest BCUT2D eigenvalue weighted by Crippen LogP contribution is -2.45. The van der Waals surface area contributed by atoms with Gasteiger partial charge in [0.05, 0.1) is 13.5 Å². The molecule has 124 valence electrons. The van der Waals surface area contributed by atoms with E-state index < -0.39 is 0 Å². The monoisotopic (exact) mass is 340 g/mol. The summed E-state index contributed by atoms with van der Waals surface area (Å²) in [6, 6.07) is 15.7. The van der Waals surface area contributed by atoms with Crippen LogP contribution in [-0.2, 0) is 17.6 Å². The Kier molecular flexibility index (Phi) is 5.11. The first-order chi connectivity index (χ1) is 11.7. The molecule has 0 aliphatic carbocycles. The molecule has 2 aromatic carbocycles. The average Bonchev–Trinajstić information content (AvgIpc) is 2.61. The third-order valence-corrected chi connectivity index (χ3v) is 4.45. The minimum atomic E-state index is -0.103. The van der Waals surface area contributed by atoms with Crippen molar-refractivity contribution in [1.82, 2.24) is 5.32 Å². The minimum absolute atomic E-state index is 0.103. The fourth-order valence-corrected chi connectivity index (χ4v) is 3.21. The molecule has 0 unspecified atom stereocenters. The number of para-hydroxylation sites is 1. The highest BCUT2D eigenvalue weighted by molar-refractivity contribution is 7.80. The molecule has 1 aliphatic rings. The van der Waals surface area contributed by atoms with E-state index in [1.807, 2.05) is 41.3 Å². The molecule has 1 N–H and O–H groups in total. The van der Waals surface area contributed by atoms with Crippen LogP contribution in [0.25, 0.3) is 0 Å². The van der Waals surface area contributed by atoms with Crippen molar-refractivity contribution in [3.05, 3.63) is 59.7 Å². The maximum absolute atomic E-state index is 12.3. The van der Waals surface area contributed by atoms with Crippen molar-refractivity contribution in [2.24, 2.45) is 0 Å². The van der Waals surface area contributed by atoms with E-state index in [0.717, 1.165) is 36.4 Å². The fraction of sp³-hybridized carbons (Fsp3) is 0.263. The zero-order chi connectivity index (χ0) is 16.9. The van der Waals surface area contributed by atoms with E-state index in [0.29, 0.717) is 11.5 Å². The van der Waals surface area contributed by atoms with Crippen LogP contribution in [0.2, 0.25) is 0 Å². The van der Waals surface area contributed by atoms with Gasteiger partial charge in [0, 0.05) is 12.2 Å². The normalized spacial score (nSPS) is 13.1. The number of rotatable bonds is 3. The number of anilines is 1. The summed E-state index contributed by atoms with van der Waals surface area (Å²) in [6.45, 7) is 0.832. The predicted molar refractivity (Wildman–Crippen MR) is 99.5 cm³/mol. The first kappa shape index (κ1) is 16.5. The number of methoxy groups -OCH3 is 1. The SMILES string of the molecule is COc1ccc(CC(=O)NC(=S)N2CCCc3ccccc32)cc1. The van der Waals surface area contributed by atoms with E-state index in [1.165, 1.54) is 5.56 Å². The van der Waals surface area contributed by atoms with Gasteiger partial charge in [-0.3, -0.25) is 4.79 Å². The maximum atomic E-state index is 12.3. The van der Waals surface area contributed by atoms with Crippen LogP contribution in [0, 0.1) is 0 Å². The molecule has 0 bridgehead atoms. The summed E-state index contributed by atoms with van der Waals surface area (Å²) in [7, 11) is 1.62. The van der Waals surface area contributed by atoms with Gasteiger partial charge < -0.3 is 15.0 Å². The molecule has 5 heteroatoms. The van der Waals surface area contributed by atoms with Crippen molar-refractivity contribution in [2.45, 2.75) is 19.3 Å². The van der Waals surface area contributed by atoms with Gasteiger partial charge in [-0.2, -0.15) is 0 Å². The highest BCUT2D eigenvalue weighted by atomic mass is 32.1. The second-order valence-electron chi connectivity index (χ2n) is 5.76. The van der Waals surface area contributed by atoms with Crippen molar-refractivity contribution < 1.29 is 9.53 Å². The fourth-order valence-electron chi connectivity index (χ4n) is 2.90. The molecule has 3 rings (SSSR count). The Bertz CT molecular complexity index is 743. The number of carbonyl (C=O) groups excluding carboxylic acids is 1. The Morgan fingerprint density at radius 3 is 2.71 bits per heavy atom. The van der Waals surface area contributed by atoms with Gasteiger partial charge in [0.2, 0.25) is 5.91 Å². The number of carbonyl (C=O) groups is 1. The van der Waals surface area contributed by atoms with Gasteiger partial charge in [-0.1, -0.05) is 30.3 Å². The summed E-state index contributed by atoms with van der Waals surface area (Å²) in [6.07, 6.45) is 2.38. The van der Waals surface area contributed by atoms with Crippen molar-refractivity contribution in [3.63, 3.8) is 0 Å². The molecular formula is C19H20N2O2S. The molecule has 0 aromatic heterocycles. The molecule has 1 aliphatic heterocycles. The van der Waals surface area contributed by atoms with Crippen LogP contribution in [0.1, 0.15) is 17.5 Å². The number of aryl methyl sites for hydroxylation is 1. The second kappa shape index (κ2) is 7.45. The van der Waals surface area contributed by atoms with Gasteiger partial charge in [0.1, 0.15) is 5.75 Å². The average molecular weight is 340 g/mol. The van der Waals surface area contributed by atoms with E-state index >= 15 is 0 Å². The second-order valence-corrected chi connectivity index (χ2v) is 6.15. The molecular weight excluding hydrogens is 320 g/mol. The number of hydrogen-bond donors (Lipinski definition) is 1. The number of benzene rings is 2. The van der Waals surface area contributed by atoms with Gasteiger partial charge in [-0.05, 0) is 54.4 Å². The number of thiocarbonyl (C=S) groups is 1. The predicted octanol–water partition coefficient (Wildman–Crippen LogP) is 3.09. The van der Waals surface area contributed by atoms with Crippen LogP contribution in [0.3, 0.4) is 0 Å². The van der Waals surface area contributed by atoms with Gasteiger partial charge in [0.15, 0.2) is 5.11 Å². The van der Waals surface area contributed by atoms with Crippen molar-refractivity contribution in [2.75, 3.05) is 18.6 Å². The summed E-state index contributed by atoms with van der Waals surface area (Å²) >= 11 is 5.46. The smallest absolute Gasteiger partial charge is 0.230 e. The Morgan fingerprint density at radius 2 is 1.96 bits per heavy atom. The summed E-state index contributed by atoms with van der Waals surface area (Å²) in [5.74, 6) is 0.674. The van der Waals surface area contributed by atoms with Crippen molar-refractivity contribution in [3.8, 4) is 5.75 Å². The summed E-state index contributed by atoms with van der Waals surface area (Å²) < 4.78 is 5.12. The van der Waals surface area contributed by atoms with Gasteiger partial charge in [-0.25, -0.2) is 0 Å². The molecule has 1 heterocycles. The molecule has 1 amide bonds. The number of nitrogens with zero attached hydrogens (tertiary/aromatic N) is 1. The Morgan fingerprint density at radius 1 is 1.21 bits per heavy atom. The van der Waals surface area contributed by atoms with Crippen LogP contribution in [0.5, 0.6) is 5.75 Å². The zero-order valence-electron chi connectivity index (χ0n) is 13.6. The first-order valence-corrected chi connectivity index (χ1v) is 8.40. The molecule has 4 nitrogen and oxygen atoms in total. The first-order valence-electron chi connectivity index (χ1n) is 7.99. The van der Waals surface area contributed by atoms with Crippen molar-refractivity contribution in [1.29, 1.82) is 0 Å². The summed E-state index contributed by atoms with van der Waals surface area (Å²) in [5.41, 5.74) is 3.30. The number of amides is 1. The number of fused-ring (bicyclic) bond motifs is 1. The largest absolute Gasteiger partial charge is 0.497 e. The minimum Gasteiger partial charge on any atom is -0.497 e. The lowest BCUT2D eigenvalue weighted by atomic mass is 10.0. The molecule has 0 spiro atoms. The molecule has 24 heavy (non-hydrogen) atoms. The van der Waals surface area contributed by atoms with Crippen LogP contribution >= 0.6 is 12.2 Å². The van der Waals surface area contributed by atoms with Crippen LogP contribution in [0.4, 0.5) is 5.69 Å². The lowest BCUT2D eigenvalue weighted by molar-refractivity contribution is -0.119. The van der Waals surface area contributed by atoms with Crippen LogP contribution < -0.4 is 15.0 Å². The van der Waals surface area contributed by atoms with E-state index in [2.05, 4.69) is 17.4 Å². The quantitative estimate of drug-likeness (QED) is 0.872. The zero-order valence-corrected chi connectivity index (χ0v) is 14.4. The molecule has 0 atom stereocenters. The summed E-state index contributed by atoms with van der Waals surface area (Å²) in [4.78, 5) is 14.3. The lowest BCUT2D eigenvalue weighted by Gasteiger charge is -2.31. The highest BCUT2D eigenvalue weighted by Gasteiger charge is 2.20. The molecule has 0 fully saturated rings. The van der Waals surface area contributed by atoms with Gasteiger partial charge >= 0.3 is 0 Å². The Balaban J connectivity index is 1.63. The molecule has 2 aromatic rings. The summed E-state index contributed by atoms with van der Waals surface area (Å²) in [5, 5.41) is 3.33. The topological polar surface area (TPSA) is 41.6 Å². The third-order valence-electron chi connectivity index (χ3n) is 4.13. The maximum Gasteiger partial charge on any atom is 0.230 e. The Labute approximate surface area is 147 Å². The Hall–Kier alpha value is -2.40.